The lowest BCUT2D eigenvalue weighted by molar-refractivity contribution is -0.141. The lowest BCUT2D eigenvalue weighted by Crippen LogP contribution is -2.13. The van der Waals surface area contributed by atoms with Crippen molar-refractivity contribution in [1.82, 2.24) is 39.0 Å². The molecule has 15 heteroatoms. The standard InChI is InChI=1S/C49H31F6N9/c1-25-57-26(2)60-46(59-25)30-13-17-41-35(21-30)33-9-5-7-11-39(33)63(41)43-19-29(24-56)20-44(45(43)37-23-32(48(50,51)52)15-16-38(37)49(53,54)55)64-40-12-8-6-10-34(40)36-22-31(14-18-42(36)64)47-61-27(3)58-28(4)62-47/h5-23H,1-4H3. The molecular formula is C49H31F6N9. The maximum atomic E-state index is 15.4. The first kappa shape index (κ1) is 40.1. The molecule has 0 spiro atoms. The normalized spacial score (nSPS) is 12.2. The lowest BCUT2D eigenvalue weighted by Gasteiger charge is -2.24. The molecule has 4 heterocycles. The molecular weight excluding hydrogens is 829 g/mol. The monoisotopic (exact) mass is 859 g/mol. The Kier molecular flexibility index (Phi) is 9.12. The lowest BCUT2D eigenvalue weighted by atomic mass is 9.92. The minimum atomic E-state index is -5.10. The van der Waals surface area contributed by atoms with E-state index in [2.05, 4.69) is 36.0 Å². The Balaban J connectivity index is 1.37. The zero-order valence-corrected chi connectivity index (χ0v) is 34.3. The van der Waals surface area contributed by atoms with Crippen LogP contribution in [0.25, 0.3) is 88.9 Å². The number of benzene rings is 6. The molecule has 4 aromatic heterocycles. The van der Waals surface area contributed by atoms with E-state index >= 15 is 13.2 Å². The van der Waals surface area contributed by atoms with Crippen molar-refractivity contribution in [1.29, 1.82) is 5.26 Å². The molecule has 0 amide bonds. The molecule has 0 aliphatic carbocycles. The Labute approximate surface area is 360 Å². The SMILES string of the molecule is Cc1nc(C)nc(-c2ccc3c(c2)c2ccccc2n3-c2cc(C#N)cc(-n3c4ccccc4c4cc(-c5nc(C)nc(C)n5)ccc43)c2-c2cc(C(F)(F)F)ccc2C(F)(F)F)n1. The maximum Gasteiger partial charge on any atom is 0.417 e. The molecule has 0 aliphatic rings. The number of nitriles is 1. The van der Waals surface area contributed by atoms with E-state index < -0.39 is 29.0 Å². The van der Waals surface area contributed by atoms with E-state index in [-0.39, 0.29) is 22.5 Å². The number of nitrogens with zero attached hydrogens (tertiary/aromatic N) is 9. The Morgan fingerprint density at radius 1 is 0.469 bits per heavy atom. The summed E-state index contributed by atoms with van der Waals surface area (Å²) < 4.78 is 93.8. The molecule has 0 unspecified atom stereocenters. The van der Waals surface area contributed by atoms with Gasteiger partial charge < -0.3 is 9.13 Å². The Bertz CT molecular complexity index is 3380. The van der Waals surface area contributed by atoms with Crippen LogP contribution in [0.15, 0.2) is 115 Å². The van der Waals surface area contributed by atoms with E-state index in [9.17, 15) is 18.4 Å². The average Bonchev–Trinajstić information content (AvgIpc) is 3.76. The fourth-order valence-corrected chi connectivity index (χ4v) is 8.71. The molecule has 0 saturated carbocycles. The molecule has 0 fully saturated rings. The van der Waals surface area contributed by atoms with E-state index in [4.69, 9.17) is 0 Å². The van der Waals surface area contributed by atoms with Gasteiger partial charge in [-0.1, -0.05) is 36.4 Å². The first-order valence-electron chi connectivity index (χ1n) is 19.9. The number of para-hydroxylation sites is 2. The highest BCUT2D eigenvalue weighted by Gasteiger charge is 2.39. The molecule has 314 valence electrons. The zero-order valence-electron chi connectivity index (χ0n) is 34.3. The van der Waals surface area contributed by atoms with Gasteiger partial charge in [-0.05, 0) is 112 Å². The quantitative estimate of drug-likeness (QED) is 0.158. The second kappa shape index (κ2) is 14.6. The molecule has 10 aromatic rings. The van der Waals surface area contributed by atoms with E-state index in [1.165, 1.54) is 12.1 Å². The summed E-state index contributed by atoms with van der Waals surface area (Å²) in [7, 11) is 0. The Hall–Kier alpha value is -7.99. The van der Waals surface area contributed by atoms with E-state index in [1.807, 2.05) is 36.4 Å². The number of hydrogen-bond donors (Lipinski definition) is 0. The minimum absolute atomic E-state index is 0.0448. The van der Waals surface area contributed by atoms with Gasteiger partial charge in [0.25, 0.3) is 0 Å². The number of alkyl halides is 6. The molecule has 10 rings (SSSR count). The van der Waals surface area contributed by atoms with Crippen LogP contribution < -0.4 is 0 Å². The van der Waals surface area contributed by atoms with E-state index in [1.54, 1.807) is 85.4 Å². The van der Waals surface area contributed by atoms with Gasteiger partial charge in [-0.2, -0.15) is 31.6 Å². The van der Waals surface area contributed by atoms with Crippen LogP contribution in [0, 0.1) is 39.0 Å². The van der Waals surface area contributed by atoms with Crippen molar-refractivity contribution >= 4 is 43.6 Å². The predicted octanol–water partition coefficient (Wildman–Crippen LogP) is 12.4. The number of halogens is 6. The van der Waals surface area contributed by atoms with E-state index in [0.29, 0.717) is 108 Å². The summed E-state index contributed by atoms with van der Waals surface area (Å²) in [6.07, 6.45) is -10.1. The molecule has 0 aliphatic heterocycles. The predicted molar refractivity (Wildman–Crippen MR) is 232 cm³/mol. The fourth-order valence-electron chi connectivity index (χ4n) is 8.71. The summed E-state index contributed by atoms with van der Waals surface area (Å²) in [5.74, 6) is 2.85. The number of aryl methyl sites for hydroxylation is 4. The van der Waals surface area contributed by atoms with Gasteiger partial charge in [0, 0.05) is 38.2 Å². The van der Waals surface area contributed by atoms with Gasteiger partial charge >= 0.3 is 12.4 Å². The van der Waals surface area contributed by atoms with E-state index in [0.717, 1.165) is 0 Å². The third-order valence-electron chi connectivity index (χ3n) is 11.2. The van der Waals surface area contributed by atoms with Crippen molar-refractivity contribution in [3.05, 3.63) is 155 Å². The zero-order chi connectivity index (χ0) is 44.8. The summed E-state index contributed by atoms with van der Waals surface area (Å²) in [5.41, 5.74) is -0.0157. The Morgan fingerprint density at radius 2 is 0.906 bits per heavy atom. The maximum absolute atomic E-state index is 15.4. The minimum Gasteiger partial charge on any atom is -0.308 e. The number of aromatic nitrogens is 8. The van der Waals surface area contributed by atoms with Crippen LogP contribution in [0.4, 0.5) is 26.3 Å². The topological polar surface area (TPSA) is 111 Å². The van der Waals surface area contributed by atoms with Crippen molar-refractivity contribution in [2.24, 2.45) is 0 Å². The van der Waals surface area contributed by atoms with Gasteiger partial charge in [0.1, 0.15) is 23.3 Å². The van der Waals surface area contributed by atoms with Crippen molar-refractivity contribution in [3.8, 4) is 51.3 Å². The van der Waals surface area contributed by atoms with Gasteiger partial charge in [-0.25, -0.2) is 29.9 Å². The van der Waals surface area contributed by atoms with Crippen LogP contribution in [0.1, 0.15) is 40.0 Å². The molecule has 0 atom stereocenters. The number of fused-ring (bicyclic) bond motifs is 6. The number of rotatable bonds is 5. The molecule has 6 aromatic carbocycles. The van der Waals surface area contributed by atoms with Crippen LogP contribution in [0.3, 0.4) is 0 Å². The first-order valence-corrected chi connectivity index (χ1v) is 19.9. The van der Waals surface area contributed by atoms with Crippen LogP contribution >= 0.6 is 0 Å². The summed E-state index contributed by atoms with van der Waals surface area (Å²) in [6, 6.07) is 31.7. The van der Waals surface area contributed by atoms with Crippen molar-refractivity contribution in [3.63, 3.8) is 0 Å². The second-order valence-electron chi connectivity index (χ2n) is 15.4. The van der Waals surface area contributed by atoms with Crippen LogP contribution in [-0.4, -0.2) is 39.0 Å². The fraction of sp³-hybridized carbons (Fsp3) is 0.122. The smallest absolute Gasteiger partial charge is 0.308 e. The highest BCUT2D eigenvalue weighted by molar-refractivity contribution is 6.13. The van der Waals surface area contributed by atoms with Crippen LogP contribution in [0.2, 0.25) is 0 Å². The van der Waals surface area contributed by atoms with Crippen molar-refractivity contribution in [2.45, 2.75) is 40.0 Å². The van der Waals surface area contributed by atoms with Gasteiger partial charge in [0.05, 0.1) is 56.2 Å². The van der Waals surface area contributed by atoms with Gasteiger partial charge in [0.15, 0.2) is 11.6 Å². The van der Waals surface area contributed by atoms with Crippen molar-refractivity contribution in [2.75, 3.05) is 0 Å². The van der Waals surface area contributed by atoms with Crippen molar-refractivity contribution < 1.29 is 26.3 Å². The summed E-state index contributed by atoms with van der Waals surface area (Å²) in [6.45, 7) is 7.00. The third-order valence-corrected chi connectivity index (χ3v) is 11.2. The van der Waals surface area contributed by atoms with Gasteiger partial charge in [-0.15, -0.1) is 0 Å². The molecule has 0 radical (unpaired) electrons. The summed E-state index contributed by atoms with van der Waals surface area (Å²) in [5, 5.41) is 13.4. The van der Waals surface area contributed by atoms with Crippen LogP contribution in [0.5, 0.6) is 0 Å². The highest BCUT2D eigenvalue weighted by Crippen LogP contribution is 2.48. The molecule has 0 bridgehead atoms. The first-order chi connectivity index (χ1) is 30.6. The van der Waals surface area contributed by atoms with Gasteiger partial charge in [0.2, 0.25) is 0 Å². The third kappa shape index (κ3) is 6.66. The Morgan fingerprint density at radius 3 is 1.33 bits per heavy atom. The second-order valence-corrected chi connectivity index (χ2v) is 15.4. The number of hydrogen-bond acceptors (Lipinski definition) is 7. The molecule has 0 N–H and O–H groups in total. The molecule has 0 saturated heterocycles. The average molecular weight is 860 g/mol. The molecule has 64 heavy (non-hydrogen) atoms. The summed E-state index contributed by atoms with van der Waals surface area (Å²) >= 11 is 0. The largest absolute Gasteiger partial charge is 0.417 e. The summed E-state index contributed by atoms with van der Waals surface area (Å²) in [4.78, 5) is 26.7. The molecule has 9 nitrogen and oxygen atoms in total. The van der Waals surface area contributed by atoms with Crippen LogP contribution in [-0.2, 0) is 12.4 Å². The highest BCUT2D eigenvalue weighted by atomic mass is 19.4. The van der Waals surface area contributed by atoms with Gasteiger partial charge in [-0.3, -0.25) is 0 Å².